The van der Waals surface area contributed by atoms with Crippen LogP contribution in [-0.4, -0.2) is 30.8 Å². The van der Waals surface area contributed by atoms with E-state index in [0.29, 0.717) is 24.3 Å². The Kier molecular flexibility index (Phi) is 5.36. The van der Waals surface area contributed by atoms with E-state index in [1.54, 1.807) is 18.2 Å². The molecule has 0 fully saturated rings. The van der Waals surface area contributed by atoms with E-state index in [1.807, 2.05) is 26.8 Å². The molecule has 1 aromatic rings. The second-order valence-corrected chi connectivity index (χ2v) is 5.63. The number of benzene rings is 1. The van der Waals surface area contributed by atoms with Gasteiger partial charge in [-0.3, -0.25) is 4.79 Å². The fourth-order valence-electron chi connectivity index (χ4n) is 1.68. The average molecular weight is 265 g/mol. The summed E-state index contributed by atoms with van der Waals surface area (Å²) in [7, 11) is 1.54. The molecule has 19 heavy (non-hydrogen) atoms. The molecule has 0 saturated carbocycles. The van der Waals surface area contributed by atoms with Gasteiger partial charge in [-0.05, 0) is 24.0 Å². The van der Waals surface area contributed by atoms with E-state index < -0.39 is 6.10 Å². The number of methoxy groups -OCH3 is 1. The van der Waals surface area contributed by atoms with Crippen LogP contribution in [0.25, 0.3) is 0 Å². The number of aliphatic hydroxyl groups excluding tert-OH is 1. The third-order valence-corrected chi connectivity index (χ3v) is 3.05. The predicted octanol–water partition coefficient (Wildman–Crippen LogP) is 2.22. The van der Waals surface area contributed by atoms with Crippen molar-refractivity contribution in [1.82, 2.24) is 5.32 Å². The Hall–Kier alpha value is -1.55. The van der Waals surface area contributed by atoms with Gasteiger partial charge >= 0.3 is 0 Å². The van der Waals surface area contributed by atoms with E-state index >= 15 is 0 Å². The third kappa shape index (κ3) is 4.56. The van der Waals surface area contributed by atoms with Crippen molar-refractivity contribution in [2.45, 2.75) is 33.3 Å². The summed E-state index contributed by atoms with van der Waals surface area (Å²) in [5.41, 5.74) is 0.338. The van der Waals surface area contributed by atoms with Gasteiger partial charge in [-0.1, -0.05) is 32.9 Å². The number of rotatable bonds is 5. The molecule has 0 heterocycles. The van der Waals surface area contributed by atoms with Gasteiger partial charge in [-0.2, -0.15) is 0 Å². The second-order valence-electron chi connectivity index (χ2n) is 5.63. The van der Waals surface area contributed by atoms with Crippen molar-refractivity contribution in [3.05, 3.63) is 29.8 Å². The van der Waals surface area contributed by atoms with E-state index in [0.717, 1.165) is 0 Å². The average Bonchev–Trinajstić information content (AvgIpc) is 2.37. The number of hydrogen-bond donors (Lipinski definition) is 2. The number of amides is 1. The molecule has 1 aromatic carbocycles. The molecule has 0 spiro atoms. The van der Waals surface area contributed by atoms with Crippen LogP contribution in [-0.2, 0) is 0 Å². The van der Waals surface area contributed by atoms with Crippen LogP contribution in [0.1, 0.15) is 37.6 Å². The molecule has 0 radical (unpaired) electrons. The molecule has 4 nitrogen and oxygen atoms in total. The first-order chi connectivity index (χ1) is 8.86. The highest BCUT2D eigenvalue weighted by Gasteiger charge is 2.21. The number of aliphatic hydroxyl groups is 1. The van der Waals surface area contributed by atoms with Crippen LogP contribution < -0.4 is 10.1 Å². The molecule has 106 valence electrons. The highest BCUT2D eigenvalue weighted by molar-refractivity contribution is 5.96. The van der Waals surface area contributed by atoms with Crippen LogP contribution in [0.3, 0.4) is 0 Å². The monoisotopic (exact) mass is 265 g/mol. The third-order valence-electron chi connectivity index (χ3n) is 3.05. The lowest BCUT2D eigenvalue weighted by atomic mass is 9.87. The van der Waals surface area contributed by atoms with E-state index in [4.69, 9.17) is 4.74 Å². The first-order valence-electron chi connectivity index (χ1n) is 6.45. The maximum Gasteiger partial charge on any atom is 0.255 e. The van der Waals surface area contributed by atoms with Crippen molar-refractivity contribution < 1.29 is 14.6 Å². The standard InChI is InChI=1S/C15H23NO3/c1-15(2,3)13(17)9-10-16-14(18)11-7-5-6-8-12(11)19-4/h5-8,13,17H,9-10H2,1-4H3,(H,16,18). The van der Waals surface area contributed by atoms with Crippen LogP contribution in [0, 0.1) is 5.41 Å². The fraction of sp³-hybridized carbons (Fsp3) is 0.533. The molecule has 1 unspecified atom stereocenters. The Bertz CT molecular complexity index is 424. The number of ether oxygens (including phenoxy) is 1. The van der Waals surface area contributed by atoms with Crippen LogP contribution in [0.4, 0.5) is 0 Å². The minimum atomic E-state index is -0.439. The van der Waals surface area contributed by atoms with E-state index in [-0.39, 0.29) is 11.3 Å². The van der Waals surface area contributed by atoms with Gasteiger partial charge < -0.3 is 15.2 Å². The van der Waals surface area contributed by atoms with Gasteiger partial charge in [-0.15, -0.1) is 0 Å². The highest BCUT2D eigenvalue weighted by atomic mass is 16.5. The Morgan fingerprint density at radius 1 is 1.37 bits per heavy atom. The summed E-state index contributed by atoms with van der Waals surface area (Å²) >= 11 is 0. The molecular formula is C15H23NO3. The van der Waals surface area contributed by atoms with Crippen molar-refractivity contribution in [3.8, 4) is 5.75 Å². The fourth-order valence-corrected chi connectivity index (χ4v) is 1.68. The van der Waals surface area contributed by atoms with Crippen molar-refractivity contribution in [3.63, 3.8) is 0 Å². The van der Waals surface area contributed by atoms with E-state index in [2.05, 4.69) is 5.32 Å². The van der Waals surface area contributed by atoms with Crippen molar-refractivity contribution in [1.29, 1.82) is 0 Å². The molecule has 0 bridgehead atoms. The van der Waals surface area contributed by atoms with Crippen LogP contribution in [0.15, 0.2) is 24.3 Å². The summed E-state index contributed by atoms with van der Waals surface area (Å²) < 4.78 is 5.14. The SMILES string of the molecule is COc1ccccc1C(=O)NCCC(O)C(C)(C)C. The molecule has 1 atom stereocenters. The summed E-state index contributed by atoms with van der Waals surface area (Å²) in [6.07, 6.45) is 0.0928. The lowest BCUT2D eigenvalue weighted by Gasteiger charge is -2.25. The molecule has 0 saturated heterocycles. The molecule has 0 aromatic heterocycles. The zero-order chi connectivity index (χ0) is 14.5. The Morgan fingerprint density at radius 3 is 2.58 bits per heavy atom. The first kappa shape index (κ1) is 15.5. The minimum absolute atomic E-state index is 0.171. The van der Waals surface area contributed by atoms with Gasteiger partial charge in [0, 0.05) is 6.54 Å². The predicted molar refractivity (Wildman–Crippen MR) is 75.4 cm³/mol. The molecular weight excluding hydrogens is 242 g/mol. The molecule has 1 amide bonds. The van der Waals surface area contributed by atoms with Crippen LogP contribution in [0.2, 0.25) is 0 Å². The van der Waals surface area contributed by atoms with Gasteiger partial charge in [0.05, 0.1) is 18.8 Å². The Labute approximate surface area is 114 Å². The van der Waals surface area contributed by atoms with Gasteiger partial charge in [-0.25, -0.2) is 0 Å². The molecule has 0 aliphatic heterocycles. The van der Waals surface area contributed by atoms with Gasteiger partial charge in [0.15, 0.2) is 0 Å². The normalized spacial score (nSPS) is 12.9. The topological polar surface area (TPSA) is 58.6 Å². The van der Waals surface area contributed by atoms with Crippen molar-refractivity contribution >= 4 is 5.91 Å². The smallest absolute Gasteiger partial charge is 0.255 e. The largest absolute Gasteiger partial charge is 0.496 e. The molecule has 4 heteroatoms. The number of carbonyl (C=O) groups is 1. The summed E-state index contributed by atoms with van der Waals surface area (Å²) in [5.74, 6) is 0.370. The molecule has 0 aliphatic carbocycles. The zero-order valence-electron chi connectivity index (χ0n) is 12.1. The van der Waals surface area contributed by atoms with Gasteiger partial charge in [0.1, 0.15) is 5.75 Å². The number of hydrogen-bond acceptors (Lipinski definition) is 3. The lowest BCUT2D eigenvalue weighted by molar-refractivity contribution is 0.0551. The zero-order valence-corrected chi connectivity index (χ0v) is 12.1. The summed E-state index contributed by atoms with van der Waals surface area (Å²) in [5, 5.41) is 12.7. The van der Waals surface area contributed by atoms with Crippen LogP contribution in [0.5, 0.6) is 5.75 Å². The van der Waals surface area contributed by atoms with Crippen LogP contribution >= 0.6 is 0 Å². The maximum atomic E-state index is 12.0. The van der Waals surface area contributed by atoms with Gasteiger partial charge in [0.25, 0.3) is 5.91 Å². The van der Waals surface area contributed by atoms with E-state index in [1.165, 1.54) is 7.11 Å². The lowest BCUT2D eigenvalue weighted by Crippen LogP contribution is -2.32. The number of carbonyl (C=O) groups excluding carboxylic acids is 1. The van der Waals surface area contributed by atoms with Crippen molar-refractivity contribution in [2.75, 3.05) is 13.7 Å². The van der Waals surface area contributed by atoms with Crippen molar-refractivity contribution in [2.24, 2.45) is 5.41 Å². The maximum absolute atomic E-state index is 12.0. The Balaban J connectivity index is 2.52. The number of para-hydroxylation sites is 1. The summed E-state index contributed by atoms with van der Waals surface area (Å²) in [4.78, 5) is 12.0. The minimum Gasteiger partial charge on any atom is -0.496 e. The molecule has 2 N–H and O–H groups in total. The first-order valence-corrected chi connectivity index (χ1v) is 6.45. The quantitative estimate of drug-likeness (QED) is 0.858. The molecule has 1 rings (SSSR count). The second kappa shape index (κ2) is 6.57. The summed E-state index contributed by atoms with van der Waals surface area (Å²) in [6.45, 7) is 6.36. The molecule has 0 aliphatic rings. The van der Waals surface area contributed by atoms with Gasteiger partial charge in [0.2, 0.25) is 0 Å². The highest BCUT2D eigenvalue weighted by Crippen LogP contribution is 2.21. The number of nitrogens with one attached hydrogen (secondary N) is 1. The Morgan fingerprint density at radius 2 is 2.00 bits per heavy atom. The van der Waals surface area contributed by atoms with E-state index in [9.17, 15) is 9.90 Å². The summed E-state index contributed by atoms with van der Waals surface area (Å²) in [6, 6.07) is 7.08.